The zero-order valence-corrected chi connectivity index (χ0v) is 15.3. The minimum atomic E-state index is -4.43. The minimum Gasteiger partial charge on any atom is -0.449 e. The van der Waals surface area contributed by atoms with Crippen LogP contribution in [0.1, 0.15) is 27.6 Å². The molecule has 2 aromatic rings. The fourth-order valence-electron chi connectivity index (χ4n) is 2.04. The first-order valence-corrected chi connectivity index (χ1v) is 8.64. The van der Waals surface area contributed by atoms with Gasteiger partial charge in [0.25, 0.3) is 5.91 Å². The Labute approximate surface area is 162 Å². The van der Waals surface area contributed by atoms with Gasteiger partial charge in [0.2, 0.25) is 5.91 Å². The van der Waals surface area contributed by atoms with E-state index >= 15 is 0 Å². The van der Waals surface area contributed by atoms with Crippen molar-refractivity contribution in [1.82, 2.24) is 0 Å². The number of rotatable bonds is 6. The second-order valence-corrected chi connectivity index (χ2v) is 6.69. The quantitative estimate of drug-likeness (QED) is 0.558. The Hall–Kier alpha value is -3.01. The third-order valence-corrected chi connectivity index (χ3v) is 4.15. The number of anilines is 1. The standard InChI is InChI=1S/C18H15F3N2O4S/c1-10(16(25)23-13-6-2-11(3-7-13)15(22)24)27-17(26)12-4-8-14(9-5-12)28-18(19,20)21/h2-10H,1H3,(H2,22,24)(H,23,25). The van der Waals surface area contributed by atoms with Gasteiger partial charge in [-0.05, 0) is 67.2 Å². The molecule has 2 amide bonds. The zero-order chi connectivity index (χ0) is 20.9. The average molecular weight is 412 g/mol. The zero-order valence-electron chi connectivity index (χ0n) is 14.4. The fourth-order valence-corrected chi connectivity index (χ4v) is 2.58. The monoisotopic (exact) mass is 412 g/mol. The Morgan fingerprint density at radius 1 is 1.00 bits per heavy atom. The Balaban J connectivity index is 1.93. The van der Waals surface area contributed by atoms with Crippen LogP contribution < -0.4 is 11.1 Å². The molecule has 1 unspecified atom stereocenters. The normalized spacial score (nSPS) is 12.1. The Bertz CT molecular complexity index is 868. The van der Waals surface area contributed by atoms with Crippen molar-refractivity contribution < 1.29 is 32.3 Å². The van der Waals surface area contributed by atoms with Crippen LogP contribution >= 0.6 is 11.8 Å². The van der Waals surface area contributed by atoms with E-state index in [1.807, 2.05) is 0 Å². The number of halogens is 3. The number of carbonyl (C=O) groups excluding carboxylic acids is 3. The van der Waals surface area contributed by atoms with Crippen LogP contribution in [0, 0.1) is 0 Å². The Morgan fingerprint density at radius 2 is 1.54 bits per heavy atom. The summed E-state index contributed by atoms with van der Waals surface area (Å²) in [4.78, 5) is 35.1. The molecule has 1 atom stereocenters. The number of benzene rings is 2. The molecule has 2 rings (SSSR count). The second kappa shape index (κ2) is 8.79. The van der Waals surface area contributed by atoms with Crippen LogP contribution in [-0.2, 0) is 9.53 Å². The number of alkyl halides is 3. The molecule has 2 aromatic carbocycles. The van der Waals surface area contributed by atoms with Gasteiger partial charge in [-0.3, -0.25) is 9.59 Å². The molecule has 0 aliphatic rings. The van der Waals surface area contributed by atoms with Crippen molar-refractivity contribution in [3.63, 3.8) is 0 Å². The molecule has 0 bridgehead atoms. The van der Waals surface area contributed by atoms with Crippen molar-refractivity contribution in [1.29, 1.82) is 0 Å². The van der Waals surface area contributed by atoms with Crippen molar-refractivity contribution in [2.45, 2.75) is 23.4 Å². The average Bonchev–Trinajstić information content (AvgIpc) is 2.61. The molecule has 0 saturated heterocycles. The number of carbonyl (C=O) groups is 3. The first-order valence-electron chi connectivity index (χ1n) is 7.82. The number of nitrogens with one attached hydrogen (secondary N) is 1. The first-order chi connectivity index (χ1) is 13.0. The van der Waals surface area contributed by atoms with E-state index in [0.717, 1.165) is 12.1 Å². The van der Waals surface area contributed by atoms with Gasteiger partial charge in [-0.1, -0.05) is 0 Å². The van der Waals surface area contributed by atoms with E-state index in [9.17, 15) is 27.6 Å². The fraction of sp³-hybridized carbons (Fsp3) is 0.167. The number of ether oxygens (including phenoxy) is 1. The van der Waals surface area contributed by atoms with Gasteiger partial charge in [0, 0.05) is 16.1 Å². The lowest BCUT2D eigenvalue weighted by Crippen LogP contribution is -2.30. The predicted octanol–water partition coefficient (Wildman–Crippen LogP) is 3.58. The van der Waals surface area contributed by atoms with Crippen molar-refractivity contribution in [2.75, 3.05) is 5.32 Å². The number of nitrogens with two attached hydrogens (primary N) is 1. The minimum absolute atomic E-state index is 0.0111. The van der Waals surface area contributed by atoms with Gasteiger partial charge in [0.1, 0.15) is 0 Å². The first kappa shape index (κ1) is 21.3. The lowest BCUT2D eigenvalue weighted by Gasteiger charge is -2.14. The van der Waals surface area contributed by atoms with Gasteiger partial charge >= 0.3 is 11.5 Å². The molecule has 0 fully saturated rings. The lowest BCUT2D eigenvalue weighted by molar-refractivity contribution is -0.123. The molecule has 148 valence electrons. The molecule has 6 nitrogen and oxygen atoms in total. The summed E-state index contributed by atoms with van der Waals surface area (Å²) in [5.41, 5.74) is 1.34. The van der Waals surface area contributed by atoms with Crippen molar-refractivity contribution in [2.24, 2.45) is 5.73 Å². The van der Waals surface area contributed by atoms with Crippen molar-refractivity contribution >= 4 is 35.2 Å². The second-order valence-electron chi connectivity index (χ2n) is 5.55. The third kappa shape index (κ3) is 6.31. The summed E-state index contributed by atoms with van der Waals surface area (Å²) in [5.74, 6) is -2.08. The van der Waals surface area contributed by atoms with Gasteiger partial charge in [-0.15, -0.1) is 0 Å². The van der Waals surface area contributed by atoms with Crippen LogP contribution in [0.3, 0.4) is 0 Å². The molecular formula is C18H15F3N2O4S. The van der Waals surface area contributed by atoms with E-state index in [1.165, 1.54) is 43.3 Å². The number of hydrogen-bond acceptors (Lipinski definition) is 5. The summed E-state index contributed by atoms with van der Waals surface area (Å²) >= 11 is -0.301. The molecule has 0 aliphatic carbocycles. The van der Waals surface area contributed by atoms with Crippen molar-refractivity contribution in [3.8, 4) is 0 Å². The highest BCUT2D eigenvalue weighted by Crippen LogP contribution is 2.36. The molecule has 0 saturated carbocycles. The maximum atomic E-state index is 12.3. The summed E-state index contributed by atoms with van der Waals surface area (Å²) in [7, 11) is 0. The van der Waals surface area contributed by atoms with Gasteiger partial charge < -0.3 is 15.8 Å². The molecule has 0 heterocycles. The lowest BCUT2D eigenvalue weighted by atomic mass is 10.2. The summed E-state index contributed by atoms with van der Waals surface area (Å²) in [6.07, 6.45) is -1.16. The van der Waals surface area contributed by atoms with E-state index < -0.39 is 29.4 Å². The van der Waals surface area contributed by atoms with Crippen LogP contribution in [0.5, 0.6) is 0 Å². The van der Waals surface area contributed by atoms with Crippen LogP contribution in [0.4, 0.5) is 18.9 Å². The van der Waals surface area contributed by atoms with E-state index in [1.54, 1.807) is 0 Å². The van der Waals surface area contributed by atoms with Gasteiger partial charge in [-0.2, -0.15) is 13.2 Å². The molecular weight excluding hydrogens is 397 g/mol. The summed E-state index contributed by atoms with van der Waals surface area (Å²) in [5, 5.41) is 2.50. The molecule has 0 spiro atoms. The van der Waals surface area contributed by atoms with E-state index in [4.69, 9.17) is 10.5 Å². The van der Waals surface area contributed by atoms with E-state index in [-0.39, 0.29) is 27.8 Å². The van der Waals surface area contributed by atoms with Gasteiger partial charge in [0.15, 0.2) is 6.10 Å². The number of amides is 2. The topological polar surface area (TPSA) is 98.5 Å². The summed E-state index contributed by atoms with van der Waals surface area (Å²) < 4.78 is 41.9. The maximum Gasteiger partial charge on any atom is 0.446 e. The summed E-state index contributed by atoms with van der Waals surface area (Å²) in [6.45, 7) is 1.35. The SMILES string of the molecule is CC(OC(=O)c1ccc(SC(F)(F)F)cc1)C(=O)Nc1ccc(C(N)=O)cc1. The number of primary amides is 1. The number of hydrogen-bond donors (Lipinski definition) is 2. The maximum absolute atomic E-state index is 12.3. The van der Waals surface area contributed by atoms with Crippen LogP contribution in [-0.4, -0.2) is 29.4 Å². The van der Waals surface area contributed by atoms with Crippen LogP contribution in [0.2, 0.25) is 0 Å². The predicted molar refractivity (Wildman–Crippen MR) is 96.8 cm³/mol. The number of thioether (sulfide) groups is 1. The molecule has 0 aliphatic heterocycles. The van der Waals surface area contributed by atoms with Crippen LogP contribution in [0.25, 0.3) is 0 Å². The molecule has 0 radical (unpaired) electrons. The number of esters is 1. The molecule has 3 N–H and O–H groups in total. The van der Waals surface area contributed by atoms with Gasteiger partial charge in [0.05, 0.1) is 5.56 Å². The van der Waals surface area contributed by atoms with Gasteiger partial charge in [-0.25, -0.2) is 4.79 Å². The van der Waals surface area contributed by atoms with Crippen molar-refractivity contribution in [3.05, 3.63) is 59.7 Å². The molecule has 28 heavy (non-hydrogen) atoms. The highest BCUT2D eigenvalue weighted by Gasteiger charge is 2.29. The molecule has 10 heteroatoms. The highest BCUT2D eigenvalue weighted by molar-refractivity contribution is 8.00. The highest BCUT2D eigenvalue weighted by atomic mass is 32.2. The smallest absolute Gasteiger partial charge is 0.446 e. The summed E-state index contributed by atoms with van der Waals surface area (Å²) in [6, 6.07) is 10.4. The third-order valence-electron chi connectivity index (χ3n) is 3.41. The van der Waals surface area contributed by atoms with E-state index in [2.05, 4.69) is 5.32 Å². The molecule has 0 aromatic heterocycles. The Kier molecular flexibility index (Phi) is 6.68. The van der Waals surface area contributed by atoms with Crippen LogP contribution in [0.15, 0.2) is 53.4 Å². The largest absolute Gasteiger partial charge is 0.449 e. The Morgan fingerprint density at radius 3 is 2.04 bits per heavy atom. The van der Waals surface area contributed by atoms with E-state index in [0.29, 0.717) is 5.69 Å².